The largest absolute Gasteiger partial charge is 0.481 e. The summed E-state index contributed by atoms with van der Waals surface area (Å²) in [6.45, 7) is 2.55. The van der Waals surface area contributed by atoms with E-state index in [9.17, 15) is 20.0 Å². The number of anilines is 1. The number of aryl methyl sites for hydroxylation is 1. The molecule has 1 aromatic heterocycles. The number of aliphatic carboxylic acids is 1. The van der Waals surface area contributed by atoms with Crippen molar-refractivity contribution in [3.05, 3.63) is 16.3 Å². The molecule has 1 unspecified atom stereocenters. The van der Waals surface area contributed by atoms with E-state index in [0.717, 1.165) is 0 Å². The Kier molecular flexibility index (Phi) is 3.17. The van der Waals surface area contributed by atoms with Gasteiger partial charge in [0.05, 0.1) is 10.3 Å². The second kappa shape index (κ2) is 4.52. The van der Waals surface area contributed by atoms with E-state index in [4.69, 9.17) is 0 Å². The number of aromatic nitrogens is 2. The first-order valence-electron chi connectivity index (χ1n) is 6.06. The van der Waals surface area contributed by atoms with Crippen LogP contribution in [0.15, 0.2) is 6.20 Å². The minimum Gasteiger partial charge on any atom is -0.481 e. The summed E-state index contributed by atoms with van der Waals surface area (Å²) in [4.78, 5) is 23.5. The Hall–Kier alpha value is -2.12. The van der Waals surface area contributed by atoms with Gasteiger partial charge in [0.15, 0.2) is 0 Å². The molecule has 1 aliphatic heterocycles. The summed E-state index contributed by atoms with van der Waals surface area (Å²) in [6, 6.07) is 0. The lowest BCUT2D eigenvalue weighted by molar-refractivity contribution is -0.384. The minimum atomic E-state index is -0.851. The molecule has 1 atom stereocenters. The quantitative estimate of drug-likeness (QED) is 0.646. The van der Waals surface area contributed by atoms with Crippen molar-refractivity contribution in [1.29, 1.82) is 0 Å². The molecule has 104 valence electrons. The number of hydrogen-bond donors (Lipinski definition) is 1. The molecule has 1 aromatic rings. The lowest BCUT2D eigenvalue weighted by atomic mass is 9.84. The monoisotopic (exact) mass is 268 g/mol. The van der Waals surface area contributed by atoms with E-state index in [-0.39, 0.29) is 18.1 Å². The summed E-state index contributed by atoms with van der Waals surface area (Å²) >= 11 is 0. The van der Waals surface area contributed by atoms with Crippen molar-refractivity contribution in [1.82, 2.24) is 9.78 Å². The van der Waals surface area contributed by atoms with Crippen molar-refractivity contribution in [3.8, 4) is 0 Å². The lowest BCUT2D eigenvalue weighted by Gasteiger charge is -2.22. The van der Waals surface area contributed by atoms with Crippen molar-refractivity contribution in [2.24, 2.45) is 12.5 Å². The molecule has 19 heavy (non-hydrogen) atoms. The number of carbonyl (C=O) groups is 1. The van der Waals surface area contributed by atoms with Crippen molar-refractivity contribution < 1.29 is 14.8 Å². The summed E-state index contributed by atoms with van der Waals surface area (Å²) in [5.74, 6) is -0.597. The van der Waals surface area contributed by atoms with Crippen LogP contribution in [0.1, 0.15) is 19.8 Å². The zero-order chi connectivity index (χ0) is 14.2. The number of rotatable bonds is 4. The highest BCUT2D eigenvalue weighted by molar-refractivity contribution is 5.77. The molecule has 0 spiro atoms. The van der Waals surface area contributed by atoms with Crippen LogP contribution in [0, 0.1) is 15.5 Å². The third-order valence-electron chi connectivity index (χ3n) is 3.77. The lowest BCUT2D eigenvalue weighted by Crippen LogP contribution is -2.34. The van der Waals surface area contributed by atoms with E-state index in [1.54, 1.807) is 11.9 Å². The smallest absolute Gasteiger partial charge is 0.330 e. The van der Waals surface area contributed by atoms with Crippen LogP contribution >= 0.6 is 0 Å². The molecule has 1 fully saturated rings. The predicted molar refractivity (Wildman–Crippen MR) is 67.1 cm³/mol. The SMILES string of the molecule is CCC1(C(=O)O)CCN(c2nn(C)cc2[N+](=O)[O-])C1. The maximum atomic E-state index is 11.4. The van der Waals surface area contributed by atoms with Gasteiger partial charge in [0, 0.05) is 20.1 Å². The predicted octanol–water partition coefficient (Wildman–Crippen LogP) is 1.02. The van der Waals surface area contributed by atoms with Gasteiger partial charge in [0.1, 0.15) is 6.20 Å². The standard InChI is InChI=1S/C11H16N4O4/c1-3-11(10(16)17)4-5-14(7-11)9-8(15(18)19)6-13(2)12-9/h6H,3-5,7H2,1-2H3,(H,16,17). The molecule has 8 heteroatoms. The highest BCUT2D eigenvalue weighted by atomic mass is 16.6. The Bertz CT molecular complexity index is 527. The van der Waals surface area contributed by atoms with Crippen LogP contribution in [-0.2, 0) is 11.8 Å². The third kappa shape index (κ3) is 2.13. The maximum Gasteiger partial charge on any atom is 0.330 e. The fourth-order valence-corrected chi connectivity index (χ4v) is 2.49. The number of hydrogen-bond acceptors (Lipinski definition) is 5. The Morgan fingerprint density at radius 2 is 2.37 bits per heavy atom. The fraction of sp³-hybridized carbons (Fsp3) is 0.636. The van der Waals surface area contributed by atoms with E-state index < -0.39 is 16.3 Å². The van der Waals surface area contributed by atoms with Gasteiger partial charge in [-0.3, -0.25) is 19.6 Å². The van der Waals surface area contributed by atoms with Crippen LogP contribution in [0.3, 0.4) is 0 Å². The summed E-state index contributed by atoms with van der Waals surface area (Å²) in [5.41, 5.74) is -0.912. The highest BCUT2D eigenvalue weighted by Crippen LogP contribution is 2.38. The normalized spacial score (nSPS) is 22.7. The maximum absolute atomic E-state index is 11.4. The molecule has 1 saturated heterocycles. The molecule has 2 heterocycles. The van der Waals surface area contributed by atoms with E-state index in [1.165, 1.54) is 10.9 Å². The van der Waals surface area contributed by atoms with Gasteiger partial charge in [0.2, 0.25) is 5.82 Å². The summed E-state index contributed by atoms with van der Waals surface area (Å²) < 4.78 is 1.38. The van der Waals surface area contributed by atoms with E-state index in [0.29, 0.717) is 19.4 Å². The highest BCUT2D eigenvalue weighted by Gasteiger charge is 2.45. The van der Waals surface area contributed by atoms with Crippen LogP contribution in [-0.4, -0.2) is 38.9 Å². The van der Waals surface area contributed by atoms with Gasteiger partial charge in [-0.15, -0.1) is 5.10 Å². The molecule has 0 saturated carbocycles. The molecule has 0 radical (unpaired) electrons. The molecule has 0 amide bonds. The van der Waals surface area contributed by atoms with Crippen LogP contribution < -0.4 is 4.90 Å². The zero-order valence-corrected chi connectivity index (χ0v) is 10.9. The molecular weight excluding hydrogens is 252 g/mol. The number of carboxylic acid groups (broad SMARTS) is 1. The average Bonchev–Trinajstić information content (AvgIpc) is 2.92. The molecule has 1 N–H and O–H groups in total. The summed E-state index contributed by atoms with van der Waals surface area (Å²) in [5, 5.41) is 24.4. The number of carboxylic acids is 1. The zero-order valence-electron chi connectivity index (χ0n) is 10.9. The summed E-state index contributed by atoms with van der Waals surface area (Å²) in [6.07, 6.45) is 2.31. The van der Waals surface area contributed by atoms with Gasteiger partial charge in [-0.25, -0.2) is 0 Å². The molecule has 0 aliphatic carbocycles. The number of nitro groups is 1. The van der Waals surface area contributed by atoms with Gasteiger partial charge >= 0.3 is 11.7 Å². The van der Waals surface area contributed by atoms with Gasteiger partial charge < -0.3 is 10.0 Å². The molecule has 0 aromatic carbocycles. The third-order valence-corrected chi connectivity index (χ3v) is 3.77. The first-order chi connectivity index (χ1) is 8.89. The number of nitrogens with zero attached hydrogens (tertiary/aromatic N) is 4. The van der Waals surface area contributed by atoms with Gasteiger partial charge in [0.25, 0.3) is 0 Å². The van der Waals surface area contributed by atoms with E-state index in [2.05, 4.69) is 5.10 Å². The second-order valence-corrected chi connectivity index (χ2v) is 4.88. The Morgan fingerprint density at radius 3 is 2.84 bits per heavy atom. The molecular formula is C11H16N4O4. The van der Waals surface area contributed by atoms with Crippen LogP contribution in [0.25, 0.3) is 0 Å². The molecule has 8 nitrogen and oxygen atoms in total. The van der Waals surface area contributed by atoms with Gasteiger partial charge in [-0.1, -0.05) is 6.92 Å². The fourth-order valence-electron chi connectivity index (χ4n) is 2.49. The van der Waals surface area contributed by atoms with Gasteiger partial charge in [-0.05, 0) is 12.8 Å². The minimum absolute atomic E-state index is 0.0835. The second-order valence-electron chi connectivity index (χ2n) is 4.88. The Labute approximate surface area is 109 Å². The Balaban J connectivity index is 2.31. The first kappa shape index (κ1) is 13.3. The van der Waals surface area contributed by atoms with Crippen LogP contribution in [0.5, 0.6) is 0 Å². The van der Waals surface area contributed by atoms with Crippen LogP contribution in [0.4, 0.5) is 11.5 Å². The Morgan fingerprint density at radius 1 is 1.68 bits per heavy atom. The molecule has 2 rings (SSSR count). The first-order valence-corrected chi connectivity index (χ1v) is 6.06. The van der Waals surface area contributed by atoms with Crippen molar-refractivity contribution in [2.45, 2.75) is 19.8 Å². The topological polar surface area (TPSA) is 102 Å². The van der Waals surface area contributed by atoms with Crippen LogP contribution in [0.2, 0.25) is 0 Å². The van der Waals surface area contributed by atoms with E-state index in [1.807, 2.05) is 6.92 Å². The van der Waals surface area contributed by atoms with Crippen molar-refractivity contribution in [3.63, 3.8) is 0 Å². The van der Waals surface area contributed by atoms with E-state index >= 15 is 0 Å². The molecule has 1 aliphatic rings. The molecule has 0 bridgehead atoms. The van der Waals surface area contributed by atoms with Crippen molar-refractivity contribution >= 4 is 17.5 Å². The van der Waals surface area contributed by atoms with Crippen molar-refractivity contribution in [2.75, 3.05) is 18.0 Å². The average molecular weight is 268 g/mol. The summed E-state index contributed by atoms with van der Waals surface area (Å²) in [7, 11) is 1.61. The van der Waals surface area contributed by atoms with Gasteiger partial charge in [-0.2, -0.15) is 0 Å².